The van der Waals surface area contributed by atoms with E-state index in [4.69, 9.17) is 0 Å². The van der Waals surface area contributed by atoms with Crippen molar-refractivity contribution < 1.29 is 48.3 Å². The Morgan fingerprint density at radius 3 is 0.786 bits per heavy atom. The summed E-state index contributed by atoms with van der Waals surface area (Å²) in [6, 6.07) is 0. The molecule has 0 aromatic rings. The first kappa shape index (κ1) is 24.8. The molecule has 0 atom stereocenters. The lowest BCUT2D eigenvalue weighted by Gasteiger charge is -2.37. The zero-order chi connectivity index (χ0) is 22.4. The lowest BCUT2D eigenvalue weighted by atomic mass is 10.3. The summed E-state index contributed by atoms with van der Waals surface area (Å²) in [4.78, 5) is 47.5. The van der Waals surface area contributed by atoms with E-state index in [9.17, 15) is 29.4 Å². The molecule has 0 amide bonds. The van der Waals surface area contributed by atoms with Gasteiger partial charge in [-0.3, -0.25) is 0 Å². The number of esters is 4. The lowest BCUT2D eigenvalue weighted by molar-refractivity contribution is -0.502. The van der Waals surface area contributed by atoms with Gasteiger partial charge in [0, 0.05) is 22.3 Å². The minimum absolute atomic E-state index is 0.315. The van der Waals surface area contributed by atoms with E-state index in [-0.39, 0.29) is 22.3 Å². The van der Waals surface area contributed by atoms with Gasteiger partial charge in [0.2, 0.25) is 0 Å². The molecule has 28 heavy (non-hydrogen) atoms. The largest absolute Gasteiger partial charge is 0.488 e. The molecule has 0 aromatic heterocycles. The molecule has 10 nitrogen and oxygen atoms in total. The van der Waals surface area contributed by atoms with Gasteiger partial charge in [0.05, 0.1) is 0 Å². The molecule has 0 saturated carbocycles. The topological polar surface area (TPSA) is 146 Å². The molecule has 0 fully saturated rings. The quantitative estimate of drug-likeness (QED) is 0.324. The fourth-order valence-electron chi connectivity index (χ4n) is 1.15. The normalized spacial score (nSPS) is 10.9. The van der Waals surface area contributed by atoms with E-state index in [0.717, 1.165) is 27.7 Å². The van der Waals surface area contributed by atoms with Crippen molar-refractivity contribution >= 4 is 23.9 Å². The zero-order valence-corrected chi connectivity index (χ0v) is 16.0. The van der Waals surface area contributed by atoms with Crippen molar-refractivity contribution in [2.75, 3.05) is 0 Å². The molecule has 0 spiro atoms. The summed E-state index contributed by atoms with van der Waals surface area (Å²) in [5.74, 6) is -13.3. The lowest BCUT2D eigenvalue weighted by Crippen LogP contribution is -2.64. The highest BCUT2D eigenvalue weighted by molar-refractivity contribution is 5.90. The van der Waals surface area contributed by atoms with Gasteiger partial charge < -0.3 is 29.2 Å². The summed E-state index contributed by atoms with van der Waals surface area (Å²) in [5.41, 5.74) is -1.26. The van der Waals surface area contributed by atoms with E-state index in [1.807, 2.05) is 0 Å². The molecule has 2 N–H and O–H groups in total. The van der Waals surface area contributed by atoms with E-state index < -0.39 is 35.8 Å². The molecule has 0 aromatic carbocycles. The molecule has 10 heteroatoms. The second-order valence-electron chi connectivity index (χ2n) is 5.84. The molecular formula is C18H22O10. The SMILES string of the molecule is C=C(C)C(=O)OC(O)(OC(=O)C(=C)C)C(O)(OC(=O)C(=C)C)OC(=O)C(=C)C. The number of hydrogen-bond acceptors (Lipinski definition) is 10. The second-order valence-corrected chi connectivity index (χ2v) is 5.84. The number of carbonyl (C=O) groups excluding carboxylic acids is 4. The average molecular weight is 398 g/mol. The number of hydrogen-bond donors (Lipinski definition) is 2. The van der Waals surface area contributed by atoms with E-state index in [1.165, 1.54) is 0 Å². The number of carbonyl (C=O) groups is 4. The summed E-state index contributed by atoms with van der Waals surface area (Å²) in [7, 11) is 0. The van der Waals surface area contributed by atoms with Crippen LogP contribution in [0.1, 0.15) is 27.7 Å². The van der Waals surface area contributed by atoms with Crippen LogP contribution >= 0.6 is 0 Å². The van der Waals surface area contributed by atoms with Gasteiger partial charge in [0.25, 0.3) is 0 Å². The van der Waals surface area contributed by atoms with Crippen LogP contribution in [0.15, 0.2) is 48.6 Å². The molecule has 0 unspecified atom stereocenters. The van der Waals surface area contributed by atoms with E-state index in [2.05, 4.69) is 45.3 Å². The summed E-state index contributed by atoms with van der Waals surface area (Å²) in [6.45, 7) is 17.6. The molecule has 0 bridgehead atoms. The molecule has 0 aliphatic carbocycles. The second kappa shape index (κ2) is 9.11. The smallest absolute Gasteiger partial charge is 0.386 e. The number of rotatable bonds is 9. The third-order valence-electron chi connectivity index (χ3n) is 2.72. The monoisotopic (exact) mass is 398 g/mol. The van der Waals surface area contributed by atoms with E-state index in [1.54, 1.807) is 0 Å². The van der Waals surface area contributed by atoms with Crippen molar-refractivity contribution in [2.45, 2.75) is 39.6 Å². The maximum Gasteiger partial charge on any atom is 0.488 e. The first-order chi connectivity index (χ1) is 12.6. The summed E-state index contributed by atoms with van der Waals surface area (Å²) in [6.07, 6.45) is 0. The van der Waals surface area contributed by atoms with Gasteiger partial charge in [-0.15, -0.1) is 0 Å². The molecule has 0 aliphatic rings. The predicted molar refractivity (Wildman–Crippen MR) is 93.5 cm³/mol. The number of ether oxygens (including phenoxy) is 4. The minimum Gasteiger partial charge on any atom is -0.386 e. The van der Waals surface area contributed by atoms with Gasteiger partial charge in [0.15, 0.2) is 0 Å². The fourth-order valence-corrected chi connectivity index (χ4v) is 1.15. The molecule has 0 rings (SSSR count). The summed E-state index contributed by atoms with van der Waals surface area (Å²) < 4.78 is 18.1. The van der Waals surface area contributed by atoms with Crippen LogP contribution in [0.5, 0.6) is 0 Å². The van der Waals surface area contributed by atoms with Crippen LogP contribution in [0.2, 0.25) is 0 Å². The average Bonchev–Trinajstić information content (AvgIpc) is 2.53. The van der Waals surface area contributed by atoms with Crippen molar-refractivity contribution in [1.29, 1.82) is 0 Å². The maximum absolute atomic E-state index is 11.9. The van der Waals surface area contributed by atoms with Gasteiger partial charge in [-0.1, -0.05) is 26.3 Å². The first-order valence-electron chi connectivity index (χ1n) is 7.56. The first-order valence-corrected chi connectivity index (χ1v) is 7.56. The Bertz CT molecular complexity index is 638. The molecular weight excluding hydrogens is 376 g/mol. The van der Waals surface area contributed by atoms with Crippen molar-refractivity contribution in [3.63, 3.8) is 0 Å². The highest BCUT2D eigenvalue weighted by Gasteiger charge is 2.66. The molecule has 0 saturated heterocycles. The fraction of sp³-hybridized carbons (Fsp3) is 0.333. The van der Waals surface area contributed by atoms with Crippen LogP contribution in [0, 0.1) is 0 Å². The van der Waals surface area contributed by atoms with Crippen LogP contribution in [0.25, 0.3) is 0 Å². The van der Waals surface area contributed by atoms with Crippen LogP contribution in [0.4, 0.5) is 0 Å². The van der Waals surface area contributed by atoms with Crippen LogP contribution < -0.4 is 0 Å². The van der Waals surface area contributed by atoms with Crippen LogP contribution in [0.3, 0.4) is 0 Å². The van der Waals surface area contributed by atoms with Crippen LogP contribution in [-0.4, -0.2) is 46.0 Å². The minimum atomic E-state index is -3.84. The molecule has 154 valence electrons. The Hall–Kier alpha value is -3.24. The van der Waals surface area contributed by atoms with Gasteiger partial charge in [-0.25, -0.2) is 19.2 Å². The third-order valence-corrected chi connectivity index (χ3v) is 2.72. The van der Waals surface area contributed by atoms with E-state index in [0.29, 0.717) is 0 Å². The summed E-state index contributed by atoms with van der Waals surface area (Å²) >= 11 is 0. The highest BCUT2D eigenvalue weighted by atomic mass is 16.9. The van der Waals surface area contributed by atoms with Crippen molar-refractivity contribution in [1.82, 2.24) is 0 Å². The molecule has 0 heterocycles. The van der Waals surface area contributed by atoms with E-state index >= 15 is 0 Å². The number of aliphatic hydroxyl groups is 2. The maximum atomic E-state index is 11.9. The highest BCUT2D eigenvalue weighted by Crippen LogP contribution is 2.32. The van der Waals surface area contributed by atoms with Crippen molar-refractivity contribution in [2.24, 2.45) is 0 Å². The van der Waals surface area contributed by atoms with Crippen LogP contribution in [-0.2, 0) is 38.1 Å². The molecule has 0 radical (unpaired) electrons. The summed E-state index contributed by atoms with van der Waals surface area (Å²) in [5, 5.41) is 21.2. The Morgan fingerprint density at radius 1 is 0.536 bits per heavy atom. The van der Waals surface area contributed by atoms with Gasteiger partial charge in [-0.2, -0.15) is 0 Å². The van der Waals surface area contributed by atoms with Gasteiger partial charge in [-0.05, 0) is 27.7 Å². The standard InChI is InChI=1S/C18H22O10/c1-9(2)13(19)25-17(23,26-14(20)10(3)4)18(24,27-15(21)11(5)6)28-16(22)12(7)8/h23-24H,1,3,5,7H2,2,4,6,8H3. The predicted octanol–water partition coefficient (Wildman–Crippen LogP) is 0.756. The van der Waals surface area contributed by atoms with Crippen molar-refractivity contribution in [3.05, 3.63) is 48.6 Å². The Morgan fingerprint density at radius 2 is 0.679 bits per heavy atom. The Balaban J connectivity index is 6.44. The zero-order valence-electron chi connectivity index (χ0n) is 16.0. The Kier molecular flexibility index (Phi) is 8.05. The van der Waals surface area contributed by atoms with Gasteiger partial charge in [0.1, 0.15) is 0 Å². The Labute approximate surface area is 161 Å². The van der Waals surface area contributed by atoms with Gasteiger partial charge >= 0.3 is 35.8 Å². The molecule has 0 aliphatic heterocycles. The third kappa shape index (κ3) is 6.18. The van der Waals surface area contributed by atoms with Crippen molar-refractivity contribution in [3.8, 4) is 0 Å².